The number of hydrogen-bond donors (Lipinski definition) is 2. The molecule has 0 saturated heterocycles. The number of hydrogen-bond acceptors (Lipinski definition) is 2. The van der Waals surface area contributed by atoms with Gasteiger partial charge in [0, 0.05) is 11.1 Å². The van der Waals surface area contributed by atoms with E-state index in [1.807, 2.05) is 18.2 Å². The highest BCUT2D eigenvalue weighted by Crippen LogP contribution is 2.34. The Balaban J connectivity index is 1.51. The molecule has 1 aliphatic carbocycles. The summed E-state index contributed by atoms with van der Waals surface area (Å²) in [6.07, 6.45) is 3.73. The number of amides is 1. The third kappa shape index (κ3) is 3.94. The van der Waals surface area contributed by atoms with E-state index in [1.54, 1.807) is 6.07 Å². The smallest absolute Gasteiger partial charge is 0.261 e. The van der Waals surface area contributed by atoms with Crippen molar-refractivity contribution >= 4 is 28.4 Å². The Morgan fingerprint density at radius 1 is 1.14 bits per heavy atom. The largest absolute Gasteiger partial charge is 0.349 e. The molecule has 28 heavy (non-hydrogen) atoms. The lowest BCUT2D eigenvalue weighted by atomic mass is 9.81. The Kier molecular flexibility index (Phi) is 5.18. The number of aromatic nitrogens is 1. The maximum atomic E-state index is 13.3. The Labute approximate surface area is 166 Å². The molecule has 0 spiro atoms. The molecule has 1 aromatic heterocycles. The van der Waals surface area contributed by atoms with Crippen molar-refractivity contribution in [3.63, 3.8) is 0 Å². The molecule has 1 saturated carbocycles. The molecule has 1 amide bonds. The van der Waals surface area contributed by atoms with Crippen LogP contribution in [-0.4, -0.2) is 16.9 Å². The maximum Gasteiger partial charge on any atom is 0.261 e. The molecule has 0 bridgehead atoms. The highest BCUT2D eigenvalue weighted by molar-refractivity contribution is 6.30. The molecule has 4 rings (SSSR count). The SMILES string of the molecule is O=C(NC1CCCC(c2cccc(Cl)c2)C1)c1cc2ccc(F)cc2[nH]c1=O. The van der Waals surface area contributed by atoms with E-state index in [0.717, 1.165) is 25.7 Å². The van der Waals surface area contributed by atoms with Gasteiger partial charge in [0.05, 0.1) is 5.52 Å². The van der Waals surface area contributed by atoms with Gasteiger partial charge in [0.2, 0.25) is 0 Å². The van der Waals surface area contributed by atoms with Crippen molar-refractivity contribution in [2.45, 2.75) is 37.6 Å². The molecule has 144 valence electrons. The molecule has 3 aromatic rings. The fourth-order valence-corrected chi connectivity index (χ4v) is 4.19. The predicted molar refractivity (Wildman–Crippen MR) is 108 cm³/mol. The predicted octanol–water partition coefficient (Wildman–Crippen LogP) is 4.78. The zero-order chi connectivity index (χ0) is 19.7. The van der Waals surface area contributed by atoms with Crippen molar-refractivity contribution in [2.24, 2.45) is 0 Å². The molecule has 2 atom stereocenters. The maximum absolute atomic E-state index is 13.3. The number of fused-ring (bicyclic) bond motifs is 1. The van der Waals surface area contributed by atoms with Gasteiger partial charge in [0.25, 0.3) is 11.5 Å². The van der Waals surface area contributed by atoms with Gasteiger partial charge in [0.1, 0.15) is 11.4 Å². The average Bonchev–Trinajstić information content (AvgIpc) is 2.67. The normalized spacial score (nSPS) is 19.5. The number of H-pyrrole nitrogens is 1. The van der Waals surface area contributed by atoms with Gasteiger partial charge in [-0.1, -0.05) is 30.2 Å². The molecule has 2 N–H and O–H groups in total. The van der Waals surface area contributed by atoms with Crippen LogP contribution >= 0.6 is 11.6 Å². The molecule has 6 heteroatoms. The first-order chi connectivity index (χ1) is 13.5. The van der Waals surface area contributed by atoms with Crippen LogP contribution < -0.4 is 10.9 Å². The van der Waals surface area contributed by atoms with Gasteiger partial charge in [0.15, 0.2) is 0 Å². The third-order valence-corrected chi connectivity index (χ3v) is 5.62. The number of benzene rings is 2. The summed E-state index contributed by atoms with van der Waals surface area (Å²) in [4.78, 5) is 27.6. The number of nitrogens with one attached hydrogen (secondary N) is 2. The van der Waals surface area contributed by atoms with Crippen molar-refractivity contribution in [1.29, 1.82) is 0 Å². The highest BCUT2D eigenvalue weighted by Gasteiger charge is 2.25. The van der Waals surface area contributed by atoms with Gasteiger partial charge in [-0.25, -0.2) is 4.39 Å². The number of rotatable bonds is 3. The van der Waals surface area contributed by atoms with Crippen molar-refractivity contribution in [3.8, 4) is 0 Å². The molecule has 0 radical (unpaired) electrons. The monoisotopic (exact) mass is 398 g/mol. The third-order valence-electron chi connectivity index (χ3n) is 5.38. The van der Waals surface area contributed by atoms with Crippen LogP contribution in [-0.2, 0) is 0 Å². The van der Waals surface area contributed by atoms with E-state index in [-0.39, 0.29) is 11.6 Å². The first-order valence-electron chi connectivity index (χ1n) is 9.38. The van der Waals surface area contributed by atoms with Crippen LogP contribution in [0.5, 0.6) is 0 Å². The lowest BCUT2D eigenvalue weighted by Crippen LogP contribution is -2.40. The topological polar surface area (TPSA) is 62.0 Å². The zero-order valence-electron chi connectivity index (χ0n) is 15.2. The molecule has 1 fully saturated rings. The summed E-state index contributed by atoms with van der Waals surface area (Å²) in [6, 6.07) is 13.4. The molecule has 4 nitrogen and oxygen atoms in total. The second-order valence-corrected chi connectivity index (χ2v) is 7.77. The van der Waals surface area contributed by atoms with Crippen molar-refractivity contribution in [3.05, 3.63) is 80.9 Å². The highest BCUT2D eigenvalue weighted by atomic mass is 35.5. The van der Waals surface area contributed by atoms with Crippen molar-refractivity contribution < 1.29 is 9.18 Å². The molecule has 1 heterocycles. The molecule has 0 aliphatic heterocycles. The summed E-state index contributed by atoms with van der Waals surface area (Å²) < 4.78 is 13.3. The second kappa shape index (κ2) is 7.76. The number of pyridine rings is 1. The molecule has 2 unspecified atom stereocenters. The quantitative estimate of drug-likeness (QED) is 0.667. The van der Waals surface area contributed by atoms with E-state index in [1.165, 1.54) is 23.8 Å². The fourth-order valence-electron chi connectivity index (χ4n) is 3.99. The summed E-state index contributed by atoms with van der Waals surface area (Å²) in [5, 5.41) is 4.33. The van der Waals surface area contributed by atoms with E-state index >= 15 is 0 Å². The van der Waals surface area contributed by atoms with E-state index in [9.17, 15) is 14.0 Å². The zero-order valence-corrected chi connectivity index (χ0v) is 15.9. The number of carbonyl (C=O) groups is 1. The van der Waals surface area contributed by atoms with E-state index in [4.69, 9.17) is 11.6 Å². The van der Waals surface area contributed by atoms with Gasteiger partial charge in [-0.3, -0.25) is 9.59 Å². The van der Waals surface area contributed by atoms with Crippen molar-refractivity contribution in [2.75, 3.05) is 0 Å². The van der Waals surface area contributed by atoms with Gasteiger partial charge in [-0.05, 0) is 72.5 Å². The molecular weight excluding hydrogens is 379 g/mol. The molecular formula is C22H20ClFN2O2. The van der Waals surface area contributed by atoms with E-state index < -0.39 is 17.3 Å². The van der Waals surface area contributed by atoms with Crippen LogP contribution in [0, 0.1) is 5.82 Å². The van der Waals surface area contributed by atoms with Crippen LogP contribution in [0.15, 0.2) is 53.3 Å². The minimum Gasteiger partial charge on any atom is -0.349 e. The minimum absolute atomic E-state index is 0.00598. The molecule has 2 aromatic carbocycles. The van der Waals surface area contributed by atoms with Crippen LogP contribution in [0.3, 0.4) is 0 Å². The van der Waals surface area contributed by atoms with E-state index in [2.05, 4.69) is 16.4 Å². The number of aromatic amines is 1. The van der Waals surface area contributed by atoms with Crippen LogP contribution in [0.2, 0.25) is 5.02 Å². The Morgan fingerprint density at radius 2 is 2.00 bits per heavy atom. The summed E-state index contributed by atoms with van der Waals surface area (Å²) >= 11 is 6.11. The van der Waals surface area contributed by atoms with Gasteiger partial charge < -0.3 is 10.3 Å². The second-order valence-electron chi connectivity index (χ2n) is 7.33. The minimum atomic E-state index is -0.516. The summed E-state index contributed by atoms with van der Waals surface area (Å²) in [6.45, 7) is 0. The first kappa shape index (κ1) is 18.7. The van der Waals surface area contributed by atoms with Crippen molar-refractivity contribution in [1.82, 2.24) is 10.3 Å². The fraction of sp³-hybridized carbons (Fsp3) is 0.273. The Morgan fingerprint density at radius 3 is 2.82 bits per heavy atom. The Hall–Kier alpha value is -2.66. The van der Waals surface area contributed by atoms with Crippen LogP contribution in [0.25, 0.3) is 10.9 Å². The van der Waals surface area contributed by atoms with Gasteiger partial charge in [-0.2, -0.15) is 0 Å². The molecule has 1 aliphatic rings. The average molecular weight is 399 g/mol. The summed E-state index contributed by atoms with van der Waals surface area (Å²) in [5.74, 6) is -0.505. The lowest BCUT2D eigenvalue weighted by Gasteiger charge is -2.30. The van der Waals surface area contributed by atoms with E-state index in [0.29, 0.717) is 21.8 Å². The number of carbonyl (C=O) groups excluding carboxylic acids is 1. The number of halogens is 2. The first-order valence-corrected chi connectivity index (χ1v) is 9.76. The standard InChI is InChI=1S/C22H20ClFN2O2/c23-16-5-1-3-13(9-16)14-4-2-6-18(10-14)25-21(27)19-11-15-7-8-17(24)12-20(15)26-22(19)28/h1,3,5,7-9,11-12,14,18H,2,4,6,10H2,(H,25,27)(H,26,28). The Bertz CT molecular complexity index is 1100. The lowest BCUT2D eigenvalue weighted by molar-refractivity contribution is 0.0924. The van der Waals surface area contributed by atoms with Gasteiger partial charge >= 0.3 is 0 Å². The van der Waals surface area contributed by atoms with Crippen LogP contribution in [0.4, 0.5) is 4.39 Å². The summed E-state index contributed by atoms with van der Waals surface area (Å²) in [5.41, 5.74) is 1.08. The summed E-state index contributed by atoms with van der Waals surface area (Å²) in [7, 11) is 0. The van der Waals surface area contributed by atoms with Crippen LogP contribution in [0.1, 0.15) is 47.5 Å². The van der Waals surface area contributed by atoms with Gasteiger partial charge in [-0.15, -0.1) is 0 Å².